The van der Waals surface area contributed by atoms with Gasteiger partial charge >= 0.3 is 0 Å². The Bertz CT molecular complexity index is 478. The van der Waals surface area contributed by atoms with Gasteiger partial charge in [0.05, 0.1) is 10.0 Å². The van der Waals surface area contributed by atoms with Crippen LogP contribution in [0.3, 0.4) is 0 Å². The fourth-order valence-electron chi connectivity index (χ4n) is 3.28. The molecule has 2 heterocycles. The number of hydrogen-bond donors (Lipinski definition) is 1. The number of hydrogen-bond acceptors (Lipinski definition) is 2. The standard InChI is InChI=1S/C14H17Cl3N2/c15-10-3-4-11(16)14(17)9(10)8-18-12-5-7-19-6-1-2-13(12)19/h3-4,12-13,18H,1-2,5-8H2. The molecule has 2 fully saturated rings. The highest BCUT2D eigenvalue weighted by molar-refractivity contribution is 6.44. The molecule has 3 rings (SSSR count). The lowest BCUT2D eigenvalue weighted by atomic mass is 10.1. The van der Waals surface area contributed by atoms with Gasteiger partial charge in [0.1, 0.15) is 0 Å². The van der Waals surface area contributed by atoms with Crippen LogP contribution < -0.4 is 5.32 Å². The highest BCUT2D eigenvalue weighted by Gasteiger charge is 2.36. The van der Waals surface area contributed by atoms with Crippen LogP contribution in [0.5, 0.6) is 0 Å². The van der Waals surface area contributed by atoms with Crippen LogP contribution in [0.25, 0.3) is 0 Å². The van der Waals surface area contributed by atoms with Gasteiger partial charge in [-0.2, -0.15) is 0 Å². The second kappa shape index (κ2) is 5.79. The molecule has 2 aliphatic rings. The van der Waals surface area contributed by atoms with E-state index in [-0.39, 0.29) is 0 Å². The summed E-state index contributed by atoms with van der Waals surface area (Å²) in [6.45, 7) is 3.15. The molecule has 0 aromatic heterocycles. The fraction of sp³-hybridized carbons (Fsp3) is 0.571. The molecule has 19 heavy (non-hydrogen) atoms. The van der Waals surface area contributed by atoms with Crippen LogP contribution in [0, 0.1) is 0 Å². The lowest BCUT2D eigenvalue weighted by molar-refractivity contribution is 0.298. The minimum Gasteiger partial charge on any atom is -0.308 e. The largest absolute Gasteiger partial charge is 0.308 e. The molecular weight excluding hydrogens is 303 g/mol. The molecule has 5 heteroatoms. The summed E-state index contributed by atoms with van der Waals surface area (Å²) < 4.78 is 0. The van der Waals surface area contributed by atoms with E-state index in [1.807, 2.05) is 6.07 Å². The highest BCUT2D eigenvalue weighted by Crippen LogP contribution is 2.32. The summed E-state index contributed by atoms with van der Waals surface area (Å²) >= 11 is 18.5. The molecule has 1 aromatic carbocycles. The zero-order valence-electron chi connectivity index (χ0n) is 10.6. The average Bonchev–Trinajstić information content (AvgIpc) is 2.98. The van der Waals surface area contributed by atoms with Crippen molar-refractivity contribution in [1.29, 1.82) is 0 Å². The third kappa shape index (κ3) is 2.74. The summed E-state index contributed by atoms with van der Waals surface area (Å²) in [6, 6.07) is 4.79. The zero-order valence-corrected chi connectivity index (χ0v) is 12.9. The second-order valence-corrected chi connectivity index (χ2v) is 6.54. The molecule has 0 saturated carbocycles. The van der Waals surface area contributed by atoms with Crippen molar-refractivity contribution in [2.45, 2.75) is 37.9 Å². The first-order valence-corrected chi connectivity index (χ1v) is 7.90. The van der Waals surface area contributed by atoms with Crippen molar-refractivity contribution >= 4 is 34.8 Å². The summed E-state index contributed by atoms with van der Waals surface area (Å²) in [5, 5.41) is 5.43. The van der Waals surface area contributed by atoms with Crippen LogP contribution in [0.15, 0.2) is 12.1 Å². The molecular formula is C14H17Cl3N2. The van der Waals surface area contributed by atoms with Gasteiger partial charge in [-0.25, -0.2) is 0 Å². The van der Waals surface area contributed by atoms with Crippen LogP contribution in [-0.2, 0) is 6.54 Å². The Hall–Kier alpha value is 0.01000. The van der Waals surface area contributed by atoms with Crippen molar-refractivity contribution in [1.82, 2.24) is 10.2 Å². The molecule has 1 N–H and O–H groups in total. The monoisotopic (exact) mass is 318 g/mol. The van der Waals surface area contributed by atoms with Crippen molar-refractivity contribution in [3.8, 4) is 0 Å². The first kappa shape index (κ1) is 14.0. The zero-order chi connectivity index (χ0) is 13.4. The average molecular weight is 320 g/mol. The fourth-order valence-corrected chi connectivity index (χ4v) is 3.97. The number of benzene rings is 1. The van der Waals surface area contributed by atoms with Gasteiger partial charge in [-0.05, 0) is 37.9 Å². The molecule has 0 aliphatic carbocycles. The van der Waals surface area contributed by atoms with E-state index in [4.69, 9.17) is 34.8 Å². The van der Waals surface area contributed by atoms with E-state index in [1.54, 1.807) is 6.07 Å². The Morgan fingerprint density at radius 1 is 1.11 bits per heavy atom. The number of nitrogens with zero attached hydrogens (tertiary/aromatic N) is 1. The van der Waals surface area contributed by atoms with Gasteiger partial charge < -0.3 is 5.32 Å². The van der Waals surface area contributed by atoms with Crippen molar-refractivity contribution < 1.29 is 0 Å². The Morgan fingerprint density at radius 3 is 2.74 bits per heavy atom. The summed E-state index contributed by atoms with van der Waals surface area (Å²) in [4.78, 5) is 2.58. The van der Waals surface area contributed by atoms with Crippen molar-refractivity contribution in [3.63, 3.8) is 0 Å². The van der Waals surface area contributed by atoms with Gasteiger partial charge in [-0.1, -0.05) is 34.8 Å². The van der Waals surface area contributed by atoms with E-state index < -0.39 is 0 Å². The number of nitrogens with one attached hydrogen (secondary N) is 1. The van der Waals surface area contributed by atoms with Crippen molar-refractivity contribution in [2.24, 2.45) is 0 Å². The van der Waals surface area contributed by atoms with Gasteiger partial charge in [0.25, 0.3) is 0 Å². The summed E-state index contributed by atoms with van der Waals surface area (Å²) in [5.41, 5.74) is 0.910. The van der Waals surface area contributed by atoms with E-state index in [0.717, 1.165) is 5.56 Å². The number of rotatable bonds is 3. The molecule has 0 bridgehead atoms. The van der Waals surface area contributed by atoms with E-state index in [1.165, 1.54) is 32.4 Å². The molecule has 2 atom stereocenters. The molecule has 0 radical (unpaired) electrons. The molecule has 2 unspecified atom stereocenters. The van der Waals surface area contributed by atoms with Crippen LogP contribution >= 0.6 is 34.8 Å². The number of halogens is 3. The van der Waals surface area contributed by atoms with Crippen LogP contribution in [0.4, 0.5) is 0 Å². The normalized spacial score (nSPS) is 26.9. The molecule has 2 nitrogen and oxygen atoms in total. The van der Waals surface area contributed by atoms with Gasteiger partial charge in [0.2, 0.25) is 0 Å². The molecule has 0 amide bonds. The van der Waals surface area contributed by atoms with E-state index in [0.29, 0.717) is 33.7 Å². The summed E-state index contributed by atoms with van der Waals surface area (Å²) in [6.07, 6.45) is 3.83. The maximum absolute atomic E-state index is 6.23. The Morgan fingerprint density at radius 2 is 1.89 bits per heavy atom. The maximum Gasteiger partial charge on any atom is 0.0652 e. The van der Waals surface area contributed by atoms with Crippen LogP contribution in [0.2, 0.25) is 15.1 Å². The third-order valence-electron chi connectivity index (χ3n) is 4.29. The van der Waals surface area contributed by atoms with Crippen molar-refractivity contribution in [3.05, 3.63) is 32.8 Å². The van der Waals surface area contributed by atoms with Crippen molar-refractivity contribution in [2.75, 3.05) is 13.1 Å². The number of fused-ring (bicyclic) bond motifs is 1. The minimum absolute atomic E-state index is 0.550. The minimum atomic E-state index is 0.550. The maximum atomic E-state index is 6.23. The van der Waals surface area contributed by atoms with Gasteiger partial charge in [0, 0.05) is 35.8 Å². The molecule has 1 aromatic rings. The molecule has 0 spiro atoms. The second-order valence-electron chi connectivity index (χ2n) is 5.34. The summed E-state index contributed by atoms with van der Waals surface area (Å²) in [7, 11) is 0. The van der Waals surface area contributed by atoms with E-state index in [2.05, 4.69) is 10.2 Å². The van der Waals surface area contributed by atoms with Crippen LogP contribution in [0.1, 0.15) is 24.8 Å². The first-order chi connectivity index (χ1) is 9.16. The molecule has 104 valence electrons. The smallest absolute Gasteiger partial charge is 0.0652 e. The highest BCUT2D eigenvalue weighted by atomic mass is 35.5. The topological polar surface area (TPSA) is 15.3 Å². The quantitative estimate of drug-likeness (QED) is 0.848. The predicted molar refractivity (Wildman–Crippen MR) is 81.3 cm³/mol. The summed E-state index contributed by atoms with van der Waals surface area (Å²) in [5.74, 6) is 0. The lowest BCUT2D eigenvalue weighted by Crippen LogP contribution is -2.38. The first-order valence-electron chi connectivity index (χ1n) is 6.76. The third-order valence-corrected chi connectivity index (χ3v) is 5.48. The SMILES string of the molecule is Clc1ccc(Cl)c(CNC2CCN3CCCC23)c1Cl. The lowest BCUT2D eigenvalue weighted by Gasteiger charge is -2.22. The van der Waals surface area contributed by atoms with Gasteiger partial charge in [0.15, 0.2) is 0 Å². The van der Waals surface area contributed by atoms with E-state index in [9.17, 15) is 0 Å². The predicted octanol–water partition coefficient (Wildman–Crippen LogP) is 3.97. The van der Waals surface area contributed by atoms with Gasteiger partial charge in [-0.3, -0.25) is 4.90 Å². The Balaban J connectivity index is 1.68. The Labute approximate surface area is 129 Å². The van der Waals surface area contributed by atoms with E-state index >= 15 is 0 Å². The van der Waals surface area contributed by atoms with Gasteiger partial charge in [-0.15, -0.1) is 0 Å². The van der Waals surface area contributed by atoms with Crippen LogP contribution in [-0.4, -0.2) is 30.1 Å². The molecule has 2 saturated heterocycles. The molecule has 2 aliphatic heterocycles. The Kier molecular flexibility index (Phi) is 4.25.